The van der Waals surface area contributed by atoms with Crippen molar-refractivity contribution in [2.75, 3.05) is 24.4 Å². The lowest BCUT2D eigenvalue weighted by Gasteiger charge is -2.21. The van der Waals surface area contributed by atoms with E-state index in [0.717, 1.165) is 11.3 Å². The first-order chi connectivity index (χ1) is 7.61. The number of anilines is 1. The van der Waals surface area contributed by atoms with E-state index in [0.29, 0.717) is 12.4 Å². The molecule has 1 aromatic carbocycles. The van der Waals surface area contributed by atoms with Crippen molar-refractivity contribution >= 4 is 23.2 Å². The Morgan fingerprint density at radius 1 is 1.50 bits per heavy atom. The minimum atomic E-state index is -0.142. The Bertz CT molecular complexity index is 379. The maximum absolute atomic E-state index is 11.6. The molecule has 0 heterocycles. The third kappa shape index (κ3) is 2.67. The zero-order valence-electron chi connectivity index (χ0n) is 9.79. The number of nitrogens with zero attached hydrogens (tertiary/aromatic N) is 1. The second-order valence-corrected chi connectivity index (χ2v) is 3.71. The summed E-state index contributed by atoms with van der Waals surface area (Å²) in [4.78, 5) is 13.1. The fourth-order valence-electron chi connectivity index (χ4n) is 1.55. The lowest BCUT2D eigenvalue weighted by atomic mass is 10.1. The van der Waals surface area contributed by atoms with Crippen LogP contribution in [0.25, 0.3) is 0 Å². The van der Waals surface area contributed by atoms with Crippen LogP contribution < -0.4 is 9.64 Å². The molecule has 3 nitrogen and oxygen atoms in total. The molecule has 0 saturated heterocycles. The van der Waals surface area contributed by atoms with E-state index >= 15 is 0 Å². The quantitative estimate of drug-likeness (QED) is 0.759. The van der Waals surface area contributed by atoms with Crippen molar-refractivity contribution < 1.29 is 9.53 Å². The number of para-hydroxylation sites is 1. The van der Waals surface area contributed by atoms with Gasteiger partial charge >= 0.3 is 0 Å². The highest BCUT2D eigenvalue weighted by molar-refractivity contribution is 6.29. The molecule has 0 spiro atoms. The molecule has 1 rings (SSSR count). The first-order valence-corrected chi connectivity index (χ1v) is 5.70. The number of carbonyl (C=O) groups excluding carboxylic acids is 1. The van der Waals surface area contributed by atoms with Crippen molar-refractivity contribution in [2.45, 2.75) is 13.8 Å². The van der Waals surface area contributed by atoms with Crippen LogP contribution in [0.4, 0.5) is 5.69 Å². The van der Waals surface area contributed by atoms with Gasteiger partial charge < -0.3 is 9.64 Å². The molecule has 0 fully saturated rings. The van der Waals surface area contributed by atoms with Crippen LogP contribution in [0.1, 0.15) is 12.5 Å². The van der Waals surface area contributed by atoms with Gasteiger partial charge in [0.05, 0.1) is 12.3 Å². The SMILES string of the molecule is CCOc1cccc(C)c1N(C)C(=O)CCl. The first-order valence-electron chi connectivity index (χ1n) is 5.16. The molecule has 16 heavy (non-hydrogen) atoms. The van der Waals surface area contributed by atoms with Gasteiger partial charge in [-0.1, -0.05) is 12.1 Å². The standard InChI is InChI=1S/C12H16ClNO2/c1-4-16-10-7-5-6-9(2)12(10)14(3)11(15)8-13/h5-7H,4,8H2,1-3H3. The molecule has 0 aliphatic rings. The molecule has 1 amide bonds. The second kappa shape index (κ2) is 5.75. The lowest BCUT2D eigenvalue weighted by Crippen LogP contribution is -2.28. The summed E-state index contributed by atoms with van der Waals surface area (Å²) in [6, 6.07) is 5.70. The van der Waals surface area contributed by atoms with Crippen molar-refractivity contribution in [3.05, 3.63) is 23.8 Å². The van der Waals surface area contributed by atoms with Crippen LogP contribution in [0.3, 0.4) is 0 Å². The normalized spacial score (nSPS) is 10.0. The third-order valence-electron chi connectivity index (χ3n) is 2.32. The maximum atomic E-state index is 11.6. The van der Waals surface area contributed by atoms with Crippen LogP contribution in [0.5, 0.6) is 5.75 Å². The van der Waals surface area contributed by atoms with Crippen molar-refractivity contribution in [1.29, 1.82) is 0 Å². The van der Waals surface area contributed by atoms with E-state index in [1.54, 1.807) is 7.05 Å². The number of alkyl halides is 1. The summed E-state index contributed by atoms with van der Waals surface area (Å²) in [5.41, 5.74) is 1.78. The van der Waals surface area contributed by atoms with Gasteiger partial charge in [0.25, 0.3) is 0 Å². The van der Waals surface area contributed by atoms with Gasteiger partial charge in [-0.15, -0.1) is 11.6 Å². The summed E-state index contributed by atoms with van der Waals surface area (Å²) in [7, 11) is 1.70. The first kappa shape index (κ1) is 12.8. The van der Waals surface area contributed by atoms with E-state index in [-0.39, 0.29) is 11.8 Å². The van der Waals surface area contributed by atoms with Gasteiger partial charge in [-0.2, -0.15) is 0 Å². The van der Waals surface area contributed by atoms with Gasteiger partial charge in [0.1, 0.15) is 11.6 Å². The summed E-state index contributed by atoms with van der Waals surface area (Å²) in [6.45, 7) is 4.42. The number of ether oxygens (including phenoxy) is 1. The summed E-state index contributed by atoms with van der Waals surface area (Å²) in [5, 5.41) is 0. The fourth-order valence-corrected chi connectivity index (χ4v) is 1.73. The number of hydrogen-bond acceptors (Lipinski definition) is 2. The van der Waals surface area contributed by atoms with Gasteiger partial charge in [0.2, 0.25) is 5.91 Å². The number of halogens is 1. The molecule has 0 aliphatic heterocycles. The van der Waals surface area contributed by atoms with E-state index in [1.807, 2.05) is 32.0 Å². The molecular formula is C12H16ClNO2. The molecule has 0 aliphatic carbocycles. The Kier molecular flexibility index (Phi) is 4.62. The molecule has 0 unspecified atom stereocenters. The molecule has 0 N–H and O–H groups in total. The van der Waals surface area contributed by atoms with Crippen LogP contribution in [-0.4, -0.2) is 25.4 Å². The largest absolute Gasteiger partial charge is 0.492 e. The molecule has 0 radical (unpaired) electrons. The van der Waals surface area contributed by atoms with Crippen LogP contribution >= 0.6 is 11.6 Å². The van der Waals surface area contributed by atoms with Gasteiger partial charge in [0.15, 0.2) is 0 Å². The van der Waals surface area contributed by atoms with Gasteiger partial charge in [0, 0.05) is 7.05 Å². The summed E-state index contributed by atoms with van der Waals surface area (Å²) in [6.07, 6.45) is 0. The number of benzene rings is 1. The van der Waals surface area contributed by atoms with Gasteiger partial charge in [-0.05, 0) is 25.5 Å². The molecule has 0 saturated carbocycles. The summed E-state index contributed by atoms with van der Waals surface area (Å²) in [5.74, 6) is 0.538. The highest BCUT2D eigenvalue weighted by Gasteiger charge is 2.16. The molecule has 0 atom stereocenters. The molecule has 0 bridgehead atoms. The zero-order chi connectivity index (χ0) is 12.1. The Morgan fingerprint density at radius 3 is 2.75 bits per heavy atom. The number of carbonyl (C=O) groups is 1. The number of aryl methyl sites for hydroxylation is 1. The minimum Gasteiger partial charge on any atom is -0.492 e. The molecule has 1 aromatic rings. The van der Waals surface area contributed by atoms with Gasteiger partial charge in [-0.25, -0.2) is 0 Å². The Balaban J connectivity index is 3.13. The predicted octanol–water partition coefficient (Wildman–Crippen LogP) is 2.60. The Labute approximate surface area is 101 Å². The van der Waals surface area contributed by atoms with Crippen molar-refractivity contribution in [3.8, 4) is 5.75 Å². The summed E-state index contributed by atoms with van der Waals surface area (Å²) < 4.78 is 5.50. The smallest absolute Gasteiger partial charge is 0.241 e. The van der Waals surface area contributed by atoms with E-state index < -0.39 is 0 Å². The number of amides is 1. The van der Waals surface area contributed by atoms with Crippen molar-refractivity contribution in [3.63, 3.8) is 0 Å². The average Bonchev–Trinajstić information content (AvgIpc) is 2.28. The van der Waals surface area contributed by atoms with E-state index in [4.69, 9.17) is 16.3 Å². The zero-order valence-corrected chi connectivity index (χ0v) is 10.5. The lowest BCUT2D eigenvalue weighted by molar-refractivity contribution is -0.116. The van der Waals surface area contributed by atoms with Gasteiger partial charge in [-0.3, -0.25) is 4.79 Å². The average molecular weight is 242 g/mol. The Morgan fingerprint density at radius 2 is 2.19 bits per heavy atom. The molecule has 88 valence electrons. The van der Waals surface area contributed by atoms with Crippen molar-refractivity contribution in [2.24, 2.45) is 0 Å². The fraction of sp³-hybridized carbons (Fsp3) is 0.417. The molecule has 0 aromatic heterocycles. The molecule has 4 heteroatoms. The monoisotopic (exact) mass is 241 g/mol. The summed E-state index contributed by atoms with van der Waals surface area (Å²) >= 11 is 5.55. The van der Waals surface area contributed by atoms with E-state index in [9.17, 15) is 4.79 Å². The predicted molar refractivity (Wildman–Crippen MR) is 66.5 cm³/mol. The second-order valence-electron chi connectivity index (χ2n) is 3.44. The maximum Gasteiger partial charge on any atom is 0.241 e. The molecular weight excluding hydrogens is 226 g/mol. The third-order valence-corrected chi connectivity index (χ3v) is 2.55. The van der Waals surface area contributed by atoms with E-state index in [1.165, 1.54) is 4.90 Å². The van der Waals surface area contributed by atoms with Crippen LogP contribution in [-0.2, 0) is 4.79 Å². The number of hydrogen-bond donors (Lipinski definition) is 0. The van der Waals surface area contributed by atoms with Crippen LogP contribution in [0.15, 0.2) is 18.2 Å². The van der Waals surface area contributed by atoms with Crippen LogP contribution in [0.2, 0.25) is 0 Å². The van der Waals surface area contributed by atoms with E-state index in [2.05, 4.69) is 0 Å². The van der Waals surface area contributed by atoms with Crippen LogP contribution in [0, 0.1) is 6.92 Å². The van der Waals surface area contributed by atoms with Crippen molar-refractivity contribution in [1.82, 2.24) is 0 Å². The topological polar surface area (TPSA) is 29.5 Å². The highest BCUT2D eigenvalue weighted by atomic mass is 35.5. The highest BCUT2D eigenvalue weighted by Crippen LogP contribution is 2.31. The Hall–Kier alpha value is -1.22. The number of rotatable bonds is 4. The minimum absolute atomic E-state index is 0.0313.